The summed E-state index contributed by atoms with van der Waals surface area (Å²) in [5, 5.41) is 0. The number of Topliss-reactive ketones (excluding diaryl/α,β-unsaturated/α-hetero) is 1. The van der Waals surface area contributed by atoms with E-state index in [0.717, 1.165) is 32.2 Å². The lowest BCUT2D eigenvalue weighted by atomic mass is 10.1. The van der Waals surface area contributed by atoms with Crippen molar-refractivity contribution in [3.63, 3.8) is 0 Å². The van der Waals surface area contributed by atoms with Gasteiger partial charge in [0.25, 0.3) is 0 Å². The molecule has 1 atom stereocenters. The van der Waals surface area contributed by atoms with Crippen molar-refractivity contribution in [1.82, 2.24) is 0 Å². The first-order valence-electron chi connectivity index (χ1n) is 4.14. The van der Waals surface area contributed by atoms with E-state index in [9.17, 15) is 4.79 Å². The Bertz CT molecular complexity index is 115. The molecular formula is C8H18N2O. The monoisotopic (exact) mass is 158 g/mol. The molecule has 0 aliphatic rings. The summed E-state index contributed by atoms with van der Waals surface area (Å²) in [5.41, 5.74) is 10.8. The first-order valence-corrected chi connectivity index (χ1v) is 4.14. The van der Waals surface area contributed by atoms with Crippen LogP contribution in [0.1, 0.15) is 32.6 Å². The Morgan fingerprint density at radius 1 is 1.36 bits per heavy atom. The number of hydrogen-bond donors (Lipinski definition) is 2. The van der Waals surface area contributed by atoms with Crippen LogP contribution in [0, 0.1) is 0 Å². The fraction of sp³-hybridized carbons (Fsp3) is 0.875. The molecule has 0 aromatic rings. The van der Waals surface area contributed by atoms with E-state index in [1.54, 1.807) is 0 Å². The Labute approximate surface area is 68.1 Å². The number of rotatable bonds is 6. The number of nitrogens with two attached hydrogens (primary N) is 2. The minimum Gasteiger partial charge on any atom is -0.330 e. The van der Waals surface area contributed by atoms with E-state index >= 15 is 0 Å². The molecule has 0 bridgehead atoms. The average Bonchev–Trinajstić information content (AvgIpc) is 1.97. The molecule has 1 unspecified atom stereocenters. The second-order valence-corrected chi connectivity index (χ2v) is 2.86. The zero-order valence-electron chi connectivity index (χ0n) is 7.18. The molecule has 0 rings (SSSR count). The molecule has 0 aromatic carbocycles. The number of carbonyl (C=O) groups is 1. The summed E-state index contributed by atoms with van der Waals surface area (Å²) in [7, 11) is 0. The van der Waals surface area contributed by atoms with Crippen LogP contribution in [0.25, 0.3) is 0 Å². The van der Waals surface area contributed by atoms with Crippen molar-refractivity contribution in [3.8, 4) is 0 Å². The van der Waals surface area contributed by atoms with Crippen molar-refractivity contribution in [2.45, 2.75) is 38.6 Å². The summed E-state index contributed by atoms with van der Waals surface area (Å²) in [6, 6.07) is -0.257. The third-order valence-electron chi connectivity index (χ3n) is 1.74. The maximum Gasteiger partial charge on any atom is 0.146 e. The van der Waals surface area contributed by atoms with Crippen LogP contribution in [0.5, 0.6) is 0 Å². The maximum absolute atomic E-state index is 10.7. The molecule has 0 aromatic heterocycles. The van der Waals surface area contributed by atoms with E-state index < -0.39 is 0 Å². The highest BCUT2D eigenvalue weighted by Gasteiger charge is 2.05. The largest absolute Gasteiger partial charge is 0.330 e. The molecule has 4 N–H and O–H groups in total. The Hall–Kier alpha value is -0.410. The third-order valence-corrected chi connectivity index (χ3v) is 1.74. The molecule has 11 heavy (non-hydrogen) atoms. The van der Waals surface area contributed by atoms with Crippen molar-refractivity contribution in [2.75, 3.05) is 6.54 Å². The van der Waals surface area contributed by atoms with Gasteiger partial charge in [0.1, 0.15) is 5.78 Å². The smallest absolute Gasteiger partial charge is 0.146 e. The van der Waals surface area contributed by atoms with Crippen molar-refractivity contribution in [1.29, 1.82) is 0 Å². The molecule has 0 aliphatic heterocycles. The van der Waals surface area contributed by atoms with Gasteiger partial charge in [0, 0.05) is 0 Å². The summed E-state index contributed by atoms with van der Waals surface area (Å²) in [6.07, 6.45) is 3.93. The van der Waals surface area contributed by atoms with Crippen LogP contribution in [0.3, 0.4) is 0 Å². The molecule has 0 radical (unpaired) electrons. The van der Waals surface area contributed by atoms with Gasteiger partial charge in [0.05, 0.1) is 6.04 Å². The van der Waals surface area contributed by atoms with Gasteiger partial charge >= 0.3 is 0 Å². The Balaban J connectivity index is 3.17. The molecular weight excluding hydrogens is 140 g/mol. The fourth-order valence-corrected chi connectivity index (χ4v) is 0.889. The van der Waals surface area contributed by atoms with Crippen LogP contribution in [-0.4, -0.2) is 18.4 Å². The lowest BCUT2D eigenvalue weighted by Crippen LogP contribution is -2.27. The van der Waals surface area contributed by atoms with E-state index in [4.69, 9.17) is 11.5 Å². The first-order chi connectivity index (χ1) is 5.18. The van der Waals surface area contributed by atoms with Gasteiger partial charge in [0.15, 0.2) is 0 Å². The standard InChI is InChI=1S/C8H18N2O/c1-7(11)8(10)5-3-2-4-6-9/h8H,2-6,9-10H2,1H3. The Kier molecular flexibility index (Phi) is 6.07. The molecule has 0 fully saturated rings. The molecule has 3 nitrogen and oxygen atoms in total. The second-order valence-electron chi connectivity index (χ2n) is 2.86. The predicted molar refractivity (Wildman–Crippen MR) is 46.2 cm³/mol. The molecule has 3 heteroatoms. The zero-order valence-corrected chi connectivity index (χ0v) is 7.18. The Morgan fingerprint density at radius 2 is 2.00 bits per heavy atom. The predicted octanol–water partition coefficient (Wildman–Crippen LogP) is 0.422. The minimum atomic E-state index is -0.257. The van der Waals surface area contributed by atoms with Crippen LogP contribution in [0.15, 0.2) is 0 Å². The van der Waals surface area contributed by atoms with Crippen LogP contribution in [0.4, 0.5) is 0 Å². The number of unbranched alkanes of at least 4 members (excludes halogenated alkanes) is 2. The van der Waals surface area contributed by atoms with Crippen LogP contribution < -0.4 is 11.5 Å². The average molecular weight is 158 g/mol. The van der Waals surface area contributed by atoms with Gasteiger partial charge in [-0.25, -0.2) is 0 Å². The highest BCUT2D eigenvalue weighted by Crippen LogP contribution is 2.01. The van der Waals surface area contributed by atoms with Gasteiger partial charge in [-0.3, -0.25) is 4.79 Å². The molecule has 0 spiro atoms. The molecule has 66 valence electrons. The minimum absolute atomic E-state index is 0.0812. The van der Waals surface area contributed by atoms with Crippen LogP contribution in [-0.2, 0) is 4.79 Å². The van der Waals surface area contributed by atoms with E-state index in [0.29, 0.717) is 0 Å². The summed E-state index contributed by atoms with van der Waals surface area (Å²) in [6.45, 7) is 2.27. The maximum atomic E-state index is 10.7. The molecule has 0 heterocycles. The summed E-state index contributed by atoms with van der Waals surface area (Å²) in [4.78, 5) is 10.7. The molecule has 0 saturated carbocycles. The molecule has 0 saturated heterocycles. The highest BCUT2D eigenvalue weighted by molar-refractivity contribution is 5.80. The van der Waals surface area contributed by atoms with Crippen molar-refractivity contribution >= 4 is 5.78 Å². The molecule has 0 amide bonds. The summed E-state index contributed by atoms with van der Waals surface area (Å²) in [5.74, 6) is 0.0812. The third kappa shape index (κ3) is 6.01. The molecule has 0 aliphatic carbocycles. The lowest BCUT2D eigenvalue weighted by molar-refractivity contribution is -0.118. The first kappa shape index (κ1) is 10.6. The SMILES string of the molecule is CC(=O)C(N)CCCCCN. The van der Waals surface area contributed by atoms with E-state index in [2.05, 4.69) is 0 Å². The highest BCUT2D eigenvalue weighted by atomic mass is 16.1. The van der Waals surface area contributed by atoms with Gasteiger partial charge in [0.2, 0.25) is 0 Å². The summed E-state index contributed by atoms with van der Waals surface area (Å²) >= 11 is 0. The van der Waals surface area contributed by atoms with Crippen molar-refractivity contribution < 1.29 is 4.79 Å². The topological polar surface area (TPSA) is 69.1 Å². The number of ketones is 1. The zero-order chi connectivity index (χ0) is 8.69. The van der Waals surface area contributed by atoms with Gasteiger partial charge in [-0.05, 0) is 26.3 Å². The van der Waals surface area contributed by atoms with Crippen molar-refractivity contribution in [2.24, 2.45) is 11.5 Å². The fourth-order valence-electron chi connectivity index (χ4n) is 0.889. The van der Waals surface area contributed by atoms with Crippen LogP contribution in [0.2, 0.25) is 0 Å². The summed E-state index contributed by atoms with van der Waals surface area (Å²) < 4.78 is 0. The Morgan fingerprint density at radius 3 is 2.45 bits per heavy atom. The second kappa shape index (κ2) is 6.31. The van der Waals surface area contributed by atoms with E-state index in [1.807, 2.05) is 0 Å². The normalized spacial score (nSPS) is 13.0. The van der Waals surface area contributed by atoms with Gasteiger partial charge in [-0.2, -0.15) is 0 Å². The lowest BCUT2D eigenvalue weighted by Gasteiger charge is -2.05. The van der Waals surface area contributed by atoms with Crippen LogP contribution >= 0.6 is 0 Å². The van der Waals surface area contributed by atoms with Gasteiger partial charge in [-0.1, -0.05) is 12.8 Å². The number of carbonyl (C=O) groups excluding carboxylic acids is 1. The van der Waals surface area contributed by atoms with Gasteiger partial charge < -0.3 is 11.5 Å². The van der Waals surface area contributed by atoms with E-state index in [1.165, 1.54) is 6.92 Å². The quantitative estimate of drug-likeness (QED) is 0.550. The number of hydrogen-bond acceptors (Lipinski definition) is 3. The van der Waals surface area contributed by atoms with E-state index in [-0.39, 0.29) is 11.8 Å². The van der Waals surface area contributed by atoms with Gasteiger partial charge in [-0.15, -0.1) is 0 Å². The van der Waals surface area contributed by atoms with Crippen molar-refractivity contribution in [3.05, 3.63) is 0 Å².